The second-order valence-electron chi connectivity index (χ2n) is 3.82. The van der Waals surface area contributed by atoms with Gasteiger partial charge in [-0.25, -0.2) is 10.8 Å². The van der Waals surface area contributed by atoms with Gasteiger partial charge in [0.15, 0.2) is 0 Å². The van der Waals surface area contributed by atoms with Crippen LogP contribution in [0.3, 0.4) is 0 Å². The lowest BCUT2D eigenvalue weighted by Gasteiger charge is -2.06. The third-order valence-corrected chi connectivity index (χ3v) is 4.03. The fourth-order valence-electron chi connectivity index (χ4n) is 1.82. The van der Waals surface area contributed by atoms with Crippen LogP contribution >= 0.6 is 23.4 Å². The maximum atomic E-state index is 6.00. The van der Waals surface area contributed by atoms with E-state index in [1.54, 1.807) is 11.8 Å². The smallest absolute Gasteiger partial charge is 0.149 e. The van der Waals surface area contributed by atoms with E-state index in [4.69, 9.17) is 17.4 Å². The van der Waals surface area contributed by atoms with Gasteiger partial charge in [0.05, 0.1) is 5.69 Å². The number of nitrogens with zero attached hydrogens (tertiary/aromatic N) is 1. The predicted molar refractivity (Wildman–Crippen MR) is 75.5 cm³/mol. The van der Waals surface area contributed by atoms with E-state index >= 15 is 0 Å². The van der Waals surface area contributed by atoms with Crippen molar-refractivity contribution in [3.63, 3.8) is 0 Å². The van der Waals surface area contributed by atoms with Crippen LogP contribution in [0.2, 0.25) is 5.02 Å². The van der Waals surface area contributed by atoms with Gasteiger partial charge < -0.3 is 5.43 Å². The van der Waals surface area contributed by atoms with E-state index in [1.807, 2.05) is 36.4 Å². The van der Waals surface area contributed by atoms with Gasteiger partial charge in [-0.3, -0.25) is 0 Å². The molecule has 1 aliphatic heterocycles. The topological polar surface area (TPSA) is 50.4 Å². The van der Waals surface area contributed by atoms with Crippen molar-refractivity contribution in [3.05, 3.63) is 53.1 Å². The minimum absolute atomic E-state index is 0.652. The van der Waals surface area contributed by atoms with Crippen molar-refractivity contribution in [2.75, 3.05) is 0 Å². The molecule has 0 spiro atoms. The number of hydrazine groups is 1. The highest BCUT2D eigenvalue weighted by Crippen LogP contribution is 2.40. The van der Waals surface area contributed by atoms with E-state index in [0.29, 0.717) is 10.9 Å². The molecule has 90 valence electrons. The summed E-state index contributed by atoms with van der Waals surface area (Å²) in [4.78, 5) is 6.72. The Morgan fingerprint density at radius 1 is 1.11 bits per heavy atom. The first-order valence-corrected chi connectivity index (χ1v) is 6.59. The van der Waals surface area contributed by atoms with E-state index in [9.17, 15) is 0 Å². The van der Waals surface area contributed by atoms with Gasteiger partial charge in [0.1, 0.15) is 5.84 Å². The van der Waals surface area contributed by atoms with Crippen molar-refractivity contribution >= 4 is 34.9 Å². The van der Waals surface area contributed by atoms with Crippen molar-refractivity contribution in [1.29, 1.82) is 0 Å². The van der Waals surface area contributed by atoms with Crippen LogP contribution in [0.5, 0.6) is 0 Å². The maximum absolute atomic E-state index is 6.00. The number of benzene rings is 2. The fraction of sp³-hybridized carbons (Fsp3) is 0. The van der Waals surface area contributed by atoms with Crippen molar-refractivity contribution in [2.45, 2.75) is 9.79 Å². The Bertz CT molecular complexity index is 640. The zero-order chi connectivity index (χ0) is 12.5. The van der Waals surface area contributed by atoms with Crippen LogP contribution in [0.4, 0.5) is 5.69 Å². The monoisotopic (exact) mass is 275 g/mol. The Balaban J connectivity index is 2.24. The van der Waals surface area contributed by atoms with Gasteiger partial charge in [0.25, 0.3) is 0 Å². The van der Waals surface area contributed by atoms with Gasteiger partial charge >= 0.3 is 0 Å². The van der Waals surface area contributed by atoms with E-state index in [-0.39, 0.29) is 0 Å². The number of rotatable bonds is 0. The summed E-state index contributed by atoms with van der Waals surface area (Å²) in [6.45, 7) is 0. The molecular weight excluding hydrogens is 266 g/mol. The second-order valence-corrected chi connectivity index (χ2v) is 5.34. The first-order chi connectivity index (χ1) is 8.78. The summed E-state index contributed by atoms with van der Waals surface area (Å²) in [5, 5.41) is 0.667. The molecule has 0 radical (unpaired) electrons. The van der Waals surface area contributed by atoms with Gasteiger partial charge in [0, 0.05) is 20.4 Å². The van der Waals surface area contributed by atoms with Crippen molar-refractivity contribution in [3.8, 4) is 0 Å². The summed E-state index contributed by atoms with van der Waals surface area (Å²) in [5.74, 6) is 6.21. The first-order valence-electron chi connectivity index (χ1n) is 5.40. The highest BCUT2D eigenvalue weighted by Gasteiger charge is 2.16. The lowest BCUT2D eigenvalue weighted by molar-refractivity contribution is 1.02. The van der Waals surface area contributed by atoms with E-state index in [1.165, 1.54) is 0 Å². The summed E-state index contributed by atoms with van der Waals surface area (Å²) in [7, 11) is 0. The molecule has 0 saturated carbocycles. The molecule has 18 heavy (non-hydrogen) atoms. The zero-order valence-electron chi connectivity index (χ0n) is 9.35. The molecule has 0 unspecified atom stereocenters. The Morgan fingerprint density at radius 2 is 1.94 bits per heavy atom. The number of aliphatic imine (C=N–C) groups is 1. The molecule has 0 bridgehead atoms. The van der Waals surface area contributed by atoms with Gasteiger partial charge in [-0.15, -0.1) is 0 Å². The van der Waals surface area contributed by atoms with Crippen LogP contribution in [-0.2, 0) is 0 Å². The molecule has 0 aliphatic carbocycles. The van der Waals surface area contributed by atoms with Gasteiger partial charge in [-0.05, 0) is 24.3 Å². The van der Waals surface area contributed by atoms with Crippen LogP contribution < -0.4 is 11.3 Å². The SMILES string of the molecule is NNC1=Nc2cc(Cl)ccc2Sc2ccccc21. The van der Waals surface area contributed by atoms with Crippen LogP contribution in [0.1, 0.15) is 5.56 Å². The van der Waals surface area contributed by atoms with Crippen molar-refractivity contribution in [1.82, 2.24) is 5.43 Å². The van der Waals surface area contributed by atoms with Crippen LogP contribution in [0.15, 0.2) is 57.2 Å². The molecule has 3 rings (SSSR count). The lowest BCUT2D eigenvalue weighted by atomic mass is 10.2. The van der Waals surface area contributed by atoms with Crippen molar-refractivity contribution < 1.29 is 0 Å². The molecule has 0 fully saturated rings. The molecule has 0 atom stereocenters. The third-order valence-electron chi connectivity index (χ3n) is 2.65. The minimum atomic E-state index is 0.652. The molecule has 5 heteroatoms. The number of hydrogen-bond donors (Lipinski definition) is 2. The van der Waals surface area contributed by atoms with Crippen LogP contribution in [-0.4, -0.2) is 5.84 Å². The quantitative estimate of drug-likeness (QED) is 0.573. The number of amidine groups is 1. The standard InChI is InChI=1S/C13H10ClN3S/c14-8-5-6-12-10(7-8)16-13(17-15)9-3-1-2-4-11(9)18-12/h1-7H,15H2,(H,16,17). The Kier molecular flexibility index (Phi) is 2.99. The van der Waals surface area contributed by atoms with Gasteiger partial charge in [-0.2, -0.15) is 0 Å². The average molecular weight is 276 g/mol. The minimum Gasteiger partial charge on any atom is -0.308 e. The Morgan fingerprint density at radius 3 is 2.78 bits per heavy atom. The summed E-state index contributed by atoms with van der Waals surface area (Å²) < 4.78 is 0. The third kappa shape index (κ3) is 1.99. The molecular formula is C13H10ClN3S. The number of hydrogen-bond acceptors (Lipinski definition) is 4. The van der Waals surface area contributed by atoms with E-state index in [2.05, 4.69) is 16.5 Å². The summed E-state index contributed by atoms with van der Waals surface area (Å²) in [6.07, 6.45) is 0. The number of nitrogens with one attached hydrogen (secondary N) is 1. The van der Waals surface area contributed by atoms with Crippen LogP contribution in [0, 0.1) is 0 Å². The molecule has 0 aromatic heterocycles. The van der Waals surface area contributed by atoms with Crippen molar-refractivity contribution in [2.24, 2.45) is 10.8 Å². The summed E-state index contributed by atoms with van der Waals surface area (Å²) in [5.41, 5.74) is 4.48. The fourth-order valence-corrected chi connectivity index (χ4v) is 2.99. The van der Waals surface area contributed by atoms with E-state index < -0.39 is 0 Å². The van der Waals surface area contributed by atoms with Gasteiger partial charge in [0.2, 0.25) is 0 Å². The van der Waals surface area contributed by atoms with Crippen LogP contribution in [0.25, 0.3) is 0 Å². The Labute approximate surface area is 114 Å². The number of halogens is 1. The molecule has 3 nitrogen and oxygen atoms in total. The molecule has 0 saturated heterocycles. The zero-order valence-corrected chi connectivity index (χ0v) is 10.9. The predicted octanol–water partition coefficient (Wildman–Crippen LogP) is 3.35. The largest absolute Gasteiger partial charge is 0.308 e. The maximum Gasteiger partial charge on any atom is 0.149 e. The highest BCUT2D eigenvalue weighted by atomic mass is 35.5. The number of nitrogens with two attached hydrogens (primary N) is 1. The molecule has 2 aromatic carbocycles. The van der Waals surface area contributed by atoms with E-state index in [0.717, 1.165) is 21.0 Å². The lowest BCUT2D eigenvalue weighted by Crippen LogP contribution is -2.31. The molecule has 3 N–H and O–H groups in total. The number of fused-ring (bicyclic) bond motifs is 2. The second kappa shape index (κ2) is 4.65. The molecule has 1 heterocycles. The normalized spacial score (nSPS) is 13.1. The van der Waals surface area contributed by atoms with Gasteiger partial charge in [-0.1, -0.05) is 41.6 Å². The molecule has 0 amide bonds. The first kappa shape index (κ1) is 11.6. The summed E-state index contributed by atoms with van der Waals surface area (Å²) in [6, 6.07) is 13.7. The average Bonchev–Trinajstić information content (AvgIpc) is 2.54. The highest BCUT2D eigenvalue weighted by molar-refractivity contribution is 7.99. The molecule has 2 aromatic rings. The molecule has 1 aliphatic rings. The summed E-state index contributed by atoms with van der Waals surface area (Å²) >= 11 is 7.66. The Hall–Kier alpha value is -1.49.